The van der Waals surface area contributed by atoms with Gasteiger partial charge in [-0.15, -0.1) is 0 Å². The molecule has 2 aliphatic rings. The predicted molar refractivity (Wildman–Crippen MR) is 126 cm³/mol. The van der Waals surface area contributed by atoms with E-state index in [2.05, 4.69) is 34.5 Å². The molecule has 176 valence electrons. The first kappa shape index (κ1) is 23.1. The minimum absolute atomic E-state index is 0.0103. The number of benzene rings is 2. The number of amides is 2. The number of nitrogens with one attached hydrogen (secondary N) is 1. The highest BCUT2D eigenvalue weighted by Crippen LogP contribution is 2.32. The number of hydrogen-bond donors (Lipinski definition) is 1. The summed E-state index contributed by atoms with van der Waals surface area (Å²) in [5.74, 6) is 1.17. The van der Waals surface area contributed by atoms with Gasteiger partial charge in [0.25, 0.3) is 5.91 Å². The molecular weight excluding hydrogens is 418 g/mol. The third kappa shape index (κ3) is 6.26. The van der Waals surface area contributed by atoms with Crippen LogP contribution in [0.4, 0.5) is 0 Å². The largest absolute Gasteiger partial charge is 0.454 e. The van der Waals surface area contributed by atoms with Crippen molar-refractivity contribution in [3.05, 3.63) is 59.7 Å². The molecule has 0 aromatic heterocycles. The van der Waals surface area contributed by atoms with Gasteiger partial charge in [0.2, 0.25) is 12.7 Å². The van der Waals surface area contributed by atoms with Crippen LogP contribution in [-0.2, 0) is 11.3 Å². The minimum atomic E-state index is -0.0860. The topological polar surface area (TPSA) is 71.1 Å². The highest BCUT2D eigenvalue weighted by atomic mass is 16.7. The van der Waals surface area contributed by atoms with Gasteiger partial charge in [-0.1, -0.05) is 37.3 Å². The Kier molecular flexibility index (Phi) is 7.83. The van der Waals surface area contributed by atoms with Crippen molar-refractivity contribution in [2.24, 2.45) is 0 Å². The number of hydrogen-bond acceptors (Lipinski definition) is 5. The molecule has 0 radical (unpaired) electrons. The first-order chi connectivity index (χ1) is 16.1. The van der Waals surface area contributed by atoms with E-state index in [-0.39, 0.29) is 24.6 Å². The second-order valence-corrected chi connectivity index (χ2v) is 8.71. The summed E-state index contributed by atoms with van der Waals surface area (Å²) in [7, 11) is 0. The average molecular weight is 452 g/mol. The summed E-state index contributed by atoms with van der Waals surface area (Å²) in [6, 6.07) is 15.9. The van der Waals surface area contributed by atoms with Crippen molar-refractivity contribution >= 4 is 11.8 Å². The van der Waals surface area contributed by atoms with E-state index in [9.17, 15) is 9.59 Å². The van der Waals surface area contributed by atoms with Gasteiger partial charge >= 0.3 is 0 Å². The Morgan fingerprint density at radius 3 is 2.55 bits per heavy atom. The molecule has 2 aromatic carbocycles. The number of rotatable bonds is 9. The van der Waals surface area contributed by atoms with E-state index in [0.29, 0.717) is 36.6 Å². The standard InChI is InChI=1S/C26H33N3O4/c1-2-13-29(26(31)21-8-9-23-24(17-21)33-19-32-23)16-12-25(30)27-22-10-14-28(15-11-22)18-20-6-4-3-5-7-20/h3-9,17,22H,2,10-16,18-19H2,1H3,(H,27,30). The molecule has 0 aliphatic carbocycles. The number of carbonyl (C=O) groups is 2. The fourth-order valence-corrected chi connectivity index (χ4v) is 4.41. The molecule has 2 heterocycles. The zero-order chi connectivity index (χ0) is 23.0. The Labute approximate surface area is 195 Å². The molecule has 0 spiro atoms. The first-order valence-electron chi connectivity index (χ1n) is 11.9. The van der Waals surface area contributed by atoms with Crippen molar-refractivity contribution in [1.29, 1.82) is 0 Å². The zero-order valence-corrected chi connectivity index (χ0v) is 19.3. The van der Waals surface area contributed by atoms with Crippen molar-refractivity contribution in [3.8, 4) is 11.5 Å². The number of likely N-dealkylation sites (tertiary alicyclic amines) is 1. The number of fused-ring (bicyclic) bond motifs is 1. The van der Waals surface area contributed by atoms with Gasteiger partial charge < -0.3 is 19.7 Å². The van der Waals surface area contributed by atoms with E-state index in [1.54, 1.807) is 23.1 Å². The molecule has 1 saturated heterocycles. The molecule has 2 amide bonds. The van der Waals surface area contributed by atoms with Crippen LogP contribution in [0.25, 0.3) is 0 Å². The second kappa shape index (κ2) is 11.2. The molecule has 4 rings (SSSR count). The summed E-state index contributed by atoms with van der Waals surface area (Å²) >= 11 is 0. The van der Waals surface area contributed by atoms with E-state index < -0.39 is 0 Å². The van der Waals surface area contributed by atoms with Gasteiger partial charge in [-0.05, 0) is 43.0 Å². The van der Waals surface area contributed by atoms with E-state index in [4.69, 9.17) is 9.47 Å². The maximum Gasteiger partial charge on any atom is 0.254 e. The summed E-state index contributed by atoms with van der Waals surface area (Å²) in [5, 5.41) is 3.17. The van der Waals surface area contributed by atoms with Crippen LogP contribution in [0.3, 0.4) is 0 Å². The lowest BCUT2D eigenvalue weighted by molar-refractivity contribution is -0.122. The van der Waals surface area contributed by atoms with Crippen molar-refractivity contribution in [1.82, 2.24) is 15.1 Å². The highest BCUT2D eigenvalue weighted by Gasteiger charge is 2.23. The number of carbonyl (C=O) groups excluding carboxylic acids is 2. The molecule has 7 nitrogen and oxygen atoms in total. The fourth-order valence-electron chi connectivity index (χ4n) is 4.41. The molecular formula is C26H33N3O4. The van der Waals surface area contributed by atoms with Crippen molar-refractivity contribution in [2.45, 2.75) is 45.2 Å². The van der Waals surface area contributed by atoms with Gasteiger partial charge in [-0.2, -0.15) is 0 Å². The summed E-state index contributed by atoms with van der Waals surface area (Å²) in [5.41, 5.74) is 1.88. The van der Waals surface area contributed by atoms with Crippen molar-refractivity contribution < 1.29 is 19.1 Å². The van der Waals surface area contributed by atoms with Gasteiger partial charge in [-0.25, -0.2) is 0 Å². The average Bonchev–Trinajstić information content (AvgIpc) is 3.31. The van der Waals surface area contributed by atoms with Crippen LogP contribution in [0.2, 0.25) is 0 Å². The Bertz CT molecular complexity index is 942. The summed E-state index contributed by atoms with van der Waals surface area (Å²) < 4.78 is 10.7. The lowest BCUT2D eigenvalue weighted by atomic mass is 10.0. The zero-order valence-electron chi connectivity index (χ0n) is 19.3. The van der Waals surface area contributed by atoms with E-state index in [1.165, 1.54) is 5.56 Å². The third-order valence-corrected chi connectivity index (χ3v) is 6.21. The molecule has 2 aromatic rings. The van der Waals surface area contributed by atoms with Crippen LogP contribution >= 0.6 is 0 Å². The molecule has 33 heavy (non-hydrogen) atoms. The van der Waals surface area contributed by atoms with Crippen molar-refractivity contribution in [3.63, 3.8) is 0 Å². The quantitative estimate of drug-likeness (QED) is 0.633. The Balaban J connectivity index is 1.22. The molecule has 0 atom stereocenters. The number of piperidine rings is 1. The van der Waals surface area contributed by atoms with Gasteiger partial charge in [0.1, 0.15) is 0 Å². The van der Waals surface area contributed by atoms with Crippen LogP contribution in [0.5, 0.6) is 11.5 Å². The van der Waals surface area contributed by atoms with Crippen LogP contribution < -0.4 is 14.8 Å². The number of ether oxygens (including phenoxy) is 2. The predicted octanol–water partition coefficient (Wildman–Crippen LogP) is 3.44. The Hall–Kier alpha value is -3.06. The van der Waals surface area contributed by atoms with Crippen LogP contribution in [0.1, 0.15) is 48.5 Å². The lowest BCUT2D eigenvalue weighted by Crippen LogP contribution is -2.45. The summed E-state index contributed by atoms with van der Waals surface area (Å²) in [6.07, 6.45) is 3.04. The highest BCUT2D eigenvalue weighted by molar-refractivity contribution is 5.95. The third-order valence-electron chi connectivity index (χ3n) is 6.21. The van der Waals surface area contributed by atoms with Gasteiger partial charge in [0.15, 0.2) is 11.5 Å². The Morgan fingerprint density at radius 1 is 1.03 bits per heavy atom. The molecule has 0 unspecified atom stereocenters. The molecule has 0 saturated carbocycles. The molecule has 0 bridgehead atoms. The molecule has 1 fully saturated rings. The smallest absolute Gasteiger partial charge is 0.254 e. The van der Waals surface area contributed by atoms with Crippen LogP contribution in [0, 0.1) is 0 Å². The van der Waals surface area contributed by atoms with Gasteiger partial charge in [0, 0.05) is 50.7 Å². The summed E-state index contributed by atoms with van der Waals surface area (Å²) in [6.45, 7) is 6.13. The van der Waals surface area contributed by atoms with Gasteiger partial charge in [0.05, 0.1) is 0 Å². The molecule has 2 aliphatic heterocycles. The number of nitrogens with zero attached hydrogens (tertiary/aromatic N) is 2. The lowest BCUT2D eigenvalue weighted by Gasteiger charge is -2.32. The molecule has 7 heteroatoms. The maximum absolute atomic E-state index is 13.0. The molecule has 1 N–H and O–H groups in total. The summed E-state index contributed by atoms with van der Waals surface area (Å²) in [4.78, 5) is 29.8. The SMILES string of the molecule is CCCN(CCC(=O)NC1CCN(Cc2ccccc2)CC1)C(=O)c1ccc2c(c1)OCO2. The maximum atomic E-state index is 13.0. The monoisotopic (exact) mass is 451 g/mol. The first-order valence-corrected chi connectivity index (χ1v) is 11.9. The fraction of sp³-hybridized carbons (Fsp3) is 0.462. The van der Waals surface area contributed by atoms with E-state index in [0.717, 1.165) is 38.9 Å². The van der Waals surface area contributed by atoms with Gasteiger partial charge in [-0.3, -0.25) is 14.5 Å². The van der Waals surface area contributed by atoms with E-state index in [1.807, 2.05) is 13.0 Å². The Morgan fingerprint density at radius 2 is 1.79 bits per heavy atom. The van der Waals surface area contributed by atoms with E-state index >= 15 is 0 Å². The second-order valence-electron chi connectivity index (χ2n) is 8.71. The van der Waals surface area contributed by atoms with Crippen LogP contribution in [-0.4, -0.2) is 60.6 Å². The normalized spacial score (nSPS) is 15.9. The minimum Gasteiger partial charge on any atom is -0.454 e. The van der Waals surface area contributed by atoms with Crippen molar-refractivity contribution in [2.75, 3.05) is 33.0 Å². The van der Waals surface area contributed by atoms with Crippen LogP contribution in [0.15, 0.2) is 48.5 Å².